The van der Waals surface area contributed by atoms with Crippen molar-refractivity contribution in [3.05, 3.63) is 66.3 Å². The lowest BCUT2D eigenvalue weighted by molar-refractivity contribution is -0.111. The highest BCUT2D eigenvalue weighted by atomic mass is 16.2. The monoisotopic (exact) mass is 458 g/mol. The zero-order chi connectivity index (χ0) is 23.0. The van der Waals surface area contributed by atoms with Gasteiger partial charge in [-0.1, -0.05) is 14.0 Å². The fourth-order valence-corrected chi connectivity index (χ4v) is 4.71. The number of rotatable bonds is 4. The second-order valence-electron chi connectivity index (χ2n) is 8.70. The van der Waals surface area contributed by atoms with Gasteiger partial charge in [-0.15, -0.1) is 0 Å². The quantitative estimate of drug-likeness (QED) is 0.447. The van der Waals surface area contributed by atoms with Gasteiger partial charge in [-0.3, -0.25) is 19.6 Å². The first-order valence-corrected chi connectivity index (χ1v) is 11.1. The third-order valence-corrected chi connectivity index (χ3v) is 6.55. The molecule has 2 aliphatic rings. The number of aromatic nitrogens is 3. The van der Waals surface area contributed by atoms with Crippen LogP contribution in [0.3, 0.4) is 0 Å². The number of amides is 2. The third kappa shape index (κ3) is 4.12. The van der Waals surface area contributed by atoms with Gasteiger partial charge in [-0.25, -0.2) is 0 Å². The minimum Gasteiger partial charge on any atom is -0.357 e. The number of aryl methyl sites for hydroxylation is 1. The lowest BCUT2D eigenvalue weighted by Crippen LogP contribution is -2.54. The molecule has 0 saturated carbocycles. The summed E-state index contributed by atoms with van der Waals surface area (Å²) < 4.78 is 0. The van der Waals surface area contributed by atoms with Crippen LogP contribution in [0.2, 0.25) is 0 Å². The molecule has 4 N–H and O–H groups in total. The second-order valence-corrected chi connectivity index (χ2v) is 8.70. The molecule has 0 aliphatic carbocycles. The maximum absolute atomic E-state index is 12.6. The van der Waals surface area contributed by atoms with Crippen molar-refractivity contribution in [3.8, 4) is 22.5 Å². The number of fused-ring (bicyclic) bond motifs is 2. The summed E-state index contributed by atoms with van der Waals surface area (Å²) in [6.45, 7) is 7.82. The Bertz CT molecular complexity index is 1260. The van der Waals surface area contributed by atoms with Gasteiger partial charge in [0.15, 0.2) is 0 Å². The number of pyridine rings is 2. The first-order valence-electron chi connectivity index (χ1n) is 11.1. The molecule has 3 aromatic rings. The van der Waals surface area contributed by atoms with Crippen LogP contribution >= 0.6 is 0 Å². The van der Waals surface area contributed by atoms with E-state index in [1.165, 1.54) is 6.08 Å². The van der Waals surface area contributed by atoms with Crippen molar-refractivity contribution >= 4 is 17.5 Å². The van der Waals surface area contributed by atoms with Crippen LogP contribution in [0.5, 0.6) is 0 Å². The van der Waals surface area contributed by atoms with Crippen LogP contribution in [-0.2, 0) is 10.2 Å². The minimum absolute atomic E-state index is 0. The number of anilines is 1. The summed E-state index contributed by atoms with van der Waals surface area (Å²) in [7, 11) is 0. The third-order valence-electron chi connectivity index (χ3n) is 6.55. The summed E-state index contributed by atoms with van der Waals surface area (Å²) >= 11 is 0. The number of carbonyl (C=O) groups excluding carboxylic acids is 2. The standard InChI is InChI=1S/C25H26N6O2.CH4/c1-3-22(32)30-19-10-17(12-28-15(19)2)20-9-16(5-8-27-20)21-11-18-23(31-21)25(14-29-24(18)33)6-4-7-26-13-25;/h3,5,8-12,26,31H,1,4,6-7,13-14H2,2H3,(H,29,33)(H,30,32);1H4. The van der Waals surface area contributed by atoms with E-state index in [-0.39, 0.29) is 24.7 Å². The first kappa shape index (κ1) is 23.4. The Kier molecular flexibility index (Phi) is 6.34. The van der Waals surface area contributed by atoms with E-state index in [0.29, 0.717) is 23.5 Å². The zero-order valence-corrected chi connectivity index (χ0v) is 18.5. The molecular weight excluding hydrogens is 428 g/mol. The van der Waals surface area contributed by atoms with E-state index in [4.69, 9.17) is 0 Å². The average molecular weight is 459 g/mol. The van der Waals surface area contributed by atoms with Gasteiger partial charge in [0.2, 0.25) is 5.91 Å². The average Bonchev–Trinajstić information content (AvgIpc) is 3.31. The Morgan fingerprint density at radius 2 is 2.06 bits per heavy atom. The molecule has 3 aromatic heterocycles. The van der Waals surface area contributed by atoms with Gasteiger partial charge >= 0.3 is 0 Å². The SMILES string of the molecule is C.C=CC(=O)Nc1cc(-c2cc(-c3cc4c([nH]3)C3(CCCNC3)CNC4=O)ccn2)cnc1C. The molecular formula is C26H30N6O2. The Labute approximate surface area is 199 Å². The molecule has 34 heavy (non-hydrogen) atoms. The van der Waals surface area contributed by atoms with Crippen molar-refractivity contribution in [2.75, 3.05) is 25.0 Å². The Hall–Kier alpha value is -3.78. The van der Waals surface area contributed by atoms with E-state index >= 15 is 0 Å². The summed E-state index contributed by atoms with van der Waals surface area (Å²) in [6.07, 6.45) is 6.81. The fraction of sp³-hybridized carbons (Fsp3) is 0.308. The van der Waals surface area contributed by atoms with Crippen LogP contribution < -0.4 is 16.0 Å². The molecule has 1 atom stereocenters. The van der Waals surface area contributed by atoms with Crippen LogP contribution in [0.4, 0.5) is 5.69 Å². The van der Waals surface area contributed by atoms with Gasteiger partial charge in [0.25, 0.3) is 5.91 Å². The van der Waals surface area contributed by atoms with E-state index in [9.17, 15) is 9.59 Å². The van der Waals surface area contributed by atoms with Crippen molar-refractivity contribution in [2.24, 2.45) is 0 Å². The van der Waals surface area contributed by atoms with Crippen LogP contribution in [0.15, 0.2) is 49.3 Å². The summed E-state index contributed by atoms with van der Waals surface area (Å²) in [5, 5.41) is 9.34. The summed E-state index contributed by atoms with van der Waals surface area (Å²) in [4.78, 5) is 36.8. The Morgan fingerprint density at radius 3 is 2.82 bits per heavy atom. The van der Waals surface area contributed by atoms with Crippen molar-refractivity contribution in [3.63, 3.8) is 0 Å². The number of hydrogen-bond acceptors (Lipinski definition) is 5. The normalized spacial score (nSPS) is 19.0. The molecule has 0 aromatic carbocycles. The number of aromatic amines is 1. The van der Waals surface area contributed by atoms with Crippen molar-refractivity contribution in [1.82, 2.24) is 25.6 Å². The first-order chi connectivity index (χ1) is 16.0. The van der Waals surface area contributed by atoms with Gasteiger partial charge in [0, 0.05) is 53.4 Å². The Balaban J connectivity index is 0.00000274. The van der Waals surface area contributed by atoms with Crippen LogP contribution in [0, 0.1) is 6.92 Å². The number of nitrogens with one attached hydrogen (secondary N) is 4. The number of nitrogens with zero attached hydrogens (tertiary/aromatic N) is 2. The molecule has 176 valence electrons. The van der Waals surface area contributed by atoms with Crippen LogP contribution in [0.25, 0.3) is 22.5 Å². The summed E-state index contributed by atoms with van der Waals surface area (Å²) in [6, 6.07) is 7.67. The topological polar surface area (TPSA) is 112 Å². The number of H-pyrrole nitrogens is 1. The lowest BCUT2D eigenvalue weighted by atomic mass is 9.74. The fourth-order valence-electron chi connectivity index (χ4n) is 4.71. The molecule has 1 saturated heterocycles. The molecule has 2 aliphatic heterocycles. The van der Waals surface area contributed by atoms with E-state index in [1.807, 2.05) is 31.2 Å². The van der Waals surface area contributed by atoms with Crippen molar-refractivity contribution in [1.29, 1.82) is 0 Å². The van der Waals surface area contributed by atoms with Gasteiger partial charge in [-0.05, 0) is 56.7 Å². The number of piperidine rings is 1. The zero-order valence-electron chi connectivity index (χ0n) is 18.5. The largest absolute Gasteiger partial charge is 0.357 e. The van der Waals surface area contributed by atoms with E-state index in [1.54, 1.807) is 12.4 Å². The highest BCUT2D eigenvalue weighted by Crippen LogP contribution is 2.38. The summed E-state index contributed by atoms with van der Waals surface area (Å²) in [5.74, 6) is -0.330. The predicted octanol–water partition coefficient (Wildman–Crippen LogP) is 3.57. The number of carbonyl (C=O) groups is 2. The number of hydrogen-bond donors (Lipinski definition) is 4. The molecule has 0 radical (unpaired) electrons. The molecule has 8 nitrogen and oxygen atoms in total. The molecule has 5 rings (SSSR count). The maximum atomic E-state index is 12.6. The van der Waals surface area contributed by atoms with E-state index < -0.39 is 0 Å². The van der Waals surface area contributed by atoms with Crippen molar-refractivity contribution in [2.45, 2.75) is 32.6 Å². The molecule has 1 fully saturated rings. The Morgan fingerprint density at radius 1 is 1.21 bits per heavy atom. The molecule has 1 unspecified atom stereocenters. The smallest absolute Gasteiger partial charge is 0.253 e. The molecule has 0 bridgehead atoms. The predicted molar refractivity (Wildman–Crippen MR) is 134 cm³/mol. The minimum atomic E-state index is -0.292. The molecule has 8 heteroatoms. The maximum Gasteiger partial charge on any atom is 0.253 e. The lowest BCUT2D eigenvalue weighted by Gasteiger charge is -2.40. The van der Waals surface area contributed by atoms with Gasteiger partial charge < -0.3 is 20.9 Å². The van der Waals surface area contributed by atoms with Crippen molar-refractivity contribution < 1.29 is 9.59 Å². The van der Waals surface area contributed by atoms with Gasteiger partial charge in [0.05, 0.1) is 22.6 Å². The van der Waals surface area contributed by atoms with Gasteiger partial charge in [0.1, 0.15) is 0 Å². The molecule has 1 spiro atoms. The summed E-state index contributed by atoms with van der Waals surface area (Å²) in [5.41, 5.74) is 6.26. The van der Waals surface area contributed by atoms with E-state index in [2.05, 4.69) is 37.5 Å². The second kappa shape index (κ2) is 9.23. The molecule has 5 heterocycles. The van der Waals surface area contributed by atoms with Crippen LogP contribution in [0.1, 0.15) is 42.0 Å². The van der Waals surface area contributed by atoms with Gasteiger partial charge in [-0.2, -0.15) is 0 Å². The highest BCUT2D eigenvalue weighted by Gasteiger charge is 2.42. The van der Waals surface area contributed by atoms with E-state index in [0.717, 1.165) is 54.1 Å². The highest BCUT2D eigenvalue weighted by molar-refractivity contribution is 6.00. The van der Waals surface area contributed by atoms with Crippen LogP contribution in [-0.4, -0.2) is 46.4 Å². The molecule has 2 amide bonds.